The number of anilines is 3. The molecule has 2 heterocycles. The number of nitrogen functional groups attached to an aromatic ring is 1. The predicted molar refractivity (Wildman–Crippen MR) is 91.9 cm³/mol. The van der Waals surface area contributed by atoms with Crippen LogP contribution in [0.15, 0.2) is 18.2 Å². The third-order valence-corrected chi connectivity index (χ3v) is 4.19. The van der Waals surface area contributed by atoms with Gasteiger partial charge in [0, 0.05) is 43.8 Å². The average Bonchev–Trinajstić information content (AvgIpc) is 2.57. The molecule has 3 rings (SSSR count). The molecule has 10 heteroatoms. The summed E-state index contributed by atoms with van der Waals surface area (Å²) < 4.78 is 54.0. The van der Waals surface area contributed by atoms with Gasteiger partial charge in [0.15, 0.2) is 0 Å². The van der Waals surface area contributed by atoms with Crippen molar-refractivity contribution in [2.24, 2.45) is 0 Å². The second-order valence-corrected chi connectivity index (χ2v) is 6.35. The molecule has 1 saturated heterocycles. The molecule has 0 radical (unpaired) electrons. The fourth-order valence-corrected chi connectivity index (χ4v) is 2.71. The molecule has 0 spiro atoms. The maximum absolute atomic E-state index is 13.9. The number of benzene rings is 1. The molecule has 2 aromatic rings. The van der Waals surface area contributed by atoms with Crippen molar-refractivity contribution < 1.29 is 22.4 Å². The lowest BCUT2D eigenvalue weighted by molar-refractivity contribution is -0.0222. The molecule has 0 unspecified atom stereocenters. The Morgan fingerprint density at radius 3 is 2.48 bits per heavy atom. The number of nitrogens with zero attached hydrogens (tertiary/aromatic N) is 3. The molecule has 1 aromatic carbocycles. The van der Waals surface area contributed by atoms with Crippen LogP contribution in [0.3, 0.4) is 0 Å². The number of alkyl halides is 2. The molecule has 1 amide bonds. The largest absolute Gasteiger partial charge is 0.396 e. The predicted octanol–water partition coefficient (Wildman–Crippen LogP) is 3.13. The number of nitrogens with one attached hydrogen (secondary N) is 1. The van der Waals surface area contributed by atoms with E-state index in [0.717, 1.165) is 6.07 Å². The Morgan fingerprint density at radius 2 is 1.81 bits per heavy atom. The summed E-state index contributed by atoms with van der Waals surface area (Å²) in [6.07, 6.45) is -0.635. The number of hydrogen-bond donors (Lipinski definition) is 2. The van der Waals surface area contributed by atoms with E-state index >= 15 is 0 Å². The number of rotatable bonds is 3. The molecule has 3 N–H and O–H groups in total. The first-order valence-electron chi connectivity index (χ1n) is 8.19. The number of carbonyl (C=O) groups is 1. The Bertz CT molecular complexity index is 880. The number of hydrogen-bond acceptors (Lipinski definition) is 5. The van der Waals surface area contributed by atoms with Crippen LogP contribution in [0.4, 0.5) is 35.0 Å². The Labute approximate surface area is 152 Å². The molecule has 144 valence electrons. The average molecular weight is 383 g/mol. The van der Waals surface area contributed by atoms with Gasteiger partial charge in [0.2, 0.25) is 5.95 Å². The summed E-state index contributed by atoms with van der Waals surface area (Å²) in [6, 6.07) is 2.85. The highest BCUT2D eigenvalue weighted by molar-refractivity contribution is 6.04. The van der Waals surface area contributed by atoms with Crippen molar-refractivity contribution in [2.75, 3.05) is 29.0 Å². The van der Waals surface area contributed by atoms with Gasteiger partial charge in [-0.1, -0.05) is 0 Å². The fraction of sp³-hybridized carbons (Fsp3) is 0.353. The van der Waals surface area contributed by atoms with Crippen LogP contribution in [-0.4, -0.2) is 34.9 Å². The molecule has 1 fully saturated rings. The first kappa shape index (κ1) is 18.9. The van der Waals surface area contributed by atoms with Gasteiger partial charge in [-0.05, 0) is 13.0 Å². The summed E-state index contributed by atoms with van der Waals surface area (Å²) in [7, 11) is 0. The van der Waals surface area contributed by atoms with E-state index in [1.807, 2.05) is 0 Å². The van der Waals surface area contributed by atoms with Crippen LogP contribution in [-0.2, 0) is 0 Å². The van der Waals surface area contributed by atoms with E-state index in [1.54, 1.807) is 11.8 Å². The zero-order chi connectivity index (χ0) is 19.8. The van der Waals surface area contributed by atoms with Crippen molar-refractivity contribution in [1.82, 2.24) is 9.97 Å². The summed E-state index contributed by atoms with van der Waals surface area (Å²) >= 11 is 0. The van der Waals surface area contributed by atoms with Gasteiger partial charge in [-0.15, -0.1) is 0 Å². The van der Waals surface area contributed by atoms with Gasteiger partial charge < -0.3 is 16.0 Å². The van der Waals surface area contributed by atoms with Crippen LogP contribution in [0.5, 0.6) is 0 Å². The van der Waals surface area contributed by atoms with Crippen LogP contribution in [0.1, 0.15) is 28.9 Å². The minimum absolute atomic E-state index is 0.0523. The summed E-state index contributed by atoms with van der Waals surface area (Å²) in [6.45, 7) is 1.78. The highest BCUT2D eigenvalue weighted by Gasteiger charge is 2.35. The van der Waals surface area contributed by atoms with E-state index in [4.69, 9.17) is 5.73 Å². The summed E-state index contributed by atoms with van der Waals surface area (Å²) in [5.41, 5.74) is 4.80. The van der Waals surface area contributed by atoms with Gasteiger partial charge >= 0.3 is 0 Å². The van der Waals surface area contributed by atoms with Crippen molar-refractivity contribution in [3.05, 3.63) is 41.1 Å². The third-order valence-electron chi connectivity index (χ3n) is 4.19. The maximum atomic E-state index is 13.9. The maximum Gasteiger partial charge on any atom is 0.259 e. The van der Waals surface area contributed by atoms with Gasteiger partial charge in [0.1, 0.15) is 17.5 Å². The molecule has 0 aliphatic carbocycles. The summed E-state index contributed by atoms with van der Waals surface area (Å²) in [5.74, 6) is -5.29. The molecule has 0 saturated carbocycles. The molecular formula is C17H17F4N5O. The Balaban J connectivity index is 1.81. The fourth-order valence-electron chi connectivity index (χ4n) is 2.71. The number of piperidine rings is 1. The first-order valence-corrected chi connectivity index (χ1v) is 8.19. The van der Waals surface area contributed by atoms with Gasteiger partial charge in [-0.25, -0.2) is 22.5 Å². The molecule has 1 aliphatic rings. The monoisotopic (exact) mass is 383 g/mol. The zero-order valence-corrected chi connectivity index (χ0v) is 14.4. The topological polar surface area (TPSA) is 84.1 Å². The lowest BCUT2D eigenvalue weighted by atomic mass is 10.1. The van der Waals surface area contributed by atoms with Crippen LogP contribution >= 0.6 is 0 Å². The lowest BCUT2D eigenvalue weighted by Crippen LogP contribution is -2.40. The third kappa shape index (κ3) is 4.26. The van der Waals surface area contributed by atoms with Crippen LogP contribution < -0.4 is 16.0 Å². The van der Waals surface area contributed by atoms with Crippen molar-refractivity contribution in [1.29, 1.82) is 0 Å². The molecule has 0 atom stereocenters. The van der Waals surface area contributed by atoms with Crippen molar-refractivity contribution in [2.45, 2.75) is 25.7 Å². The van der Waals surface area contributed by atoms with E-state index in [0.29, 0.717) is 11.8 Å². The number of aryl methyl sites for hydroxylation is 1. The van der Waals surface area contributed by atoms with E-state index in [2.05, 4.69) is 15.3 Å². The zero-order valence-electron chi connectivity index (χ0n) is 14.4. The van der Waals surface area contributed by atoms with E-state index in [9.17, 15) is 22.4 Å². The number of halogens is 4. The van der Waals surface area contributed by atoms with E-state index in [-0.39, 0.29) is 37.7 Å². The normalized spacial score (nSPS) is 16.3. The van der Waals surface area contributed by atoms with Gasteiger partial charge in [-0.2, -0.15) is 4.98 Å². The molecular weight excluding hydrogens is 366 g/mol. The molecule has 1 aliphatic heterocycles. The van der Waals surface area contributed by atoms with Gasteiger partial charge in [-0.3, -0.25) is 4.79 Å². The Kier molecular flexibility index (Phi) is 4.90. The van der Waals surface area contributed by atoms with Gasteiger partial charge in [0.25, 0.3) is 11.8 Å². The first-order chi connectivity index (χ1) is 12.6. The number of amides is 1. The van der Waals surface area contributed by atoms with Crippen molar-refractivity contribution in [3.63, 3.8) is 0 Å². The van der Waals surface area contributed by atoms with Gasteiger partial charge in [0.05, 0.1) is 11.3 Å². The number of aromatic nitrogens is 2. The molecule has 1 aromatic heterocycles. The van der Waals surface area contributed by atoms with Crippen LogP contribution in [0, 0.1) is 18.6 Å². The molecule has 6 nitrogen and oxygen atoms in total. The van der Waals surface area contributed by atoms with Crippen molar-refractivity contribution in [3.8, 4) is 0 Å². The number of carbonyl (C=O) groups excluding carboxylic acids is 1. The smallest absolute Gasteiger partial charge is 0.259 e. The van der Waals surface area contributed by atoms with E-state index < -0.39 is 34.7 Å². The minimum Gasteiger partial charge on any atom is -0.396 e. The summed E-state index contributed by atoms with van der Waals surface area (Å²) in [4.78, 5) is 22.2. The van der Waals surface area contributed by atoms with Crippen LogP contribution in [0.25, 0.3) is 0 Å². The molecule has 27 heavy (non-hydrogen) atoms. The summed E-state index contributed by atoms with van der Waals surface area (Å²) in [5, 5.41) is 2.37. The van der Waals surface area contributed by atoms with Crippen molar-refractivity contribution >= 4 is 23.4 Å². The highest BCUT2D eigenvalue weighted by Crippen LogP contribution is 2.29. The Morgan fingerprint density at radius 1 is 1.15 bits per heavy atom. The quantitative estimate of drug-likeness (QED) is 0.628. The second kappa shape index (κ2) is 7.01. The standard InChI is InChI=1S/C17H17F4N5O/c1-9-6-14(24-15(27)10-7-12(19)13(22)8-11(10)18)25-16(23-9)26-4-2-17(20,21)3-5-26/h6-8H,2-5,22H2,1H3,(H,23,24,25,27). The highest BCUT2D eigenvalue weighted by atomic mass is 19.3. The number of nitrogens with two attached hydrogens (primary N) is 1. The second-order valence-electron chi connectivity index (χ2n) is 6.35. The lowest BCUT2D eigenvalue weighted by Gasteiger charge is -2.31. The minimum atomic E-state index is -2.71. The SMILES string of the molecule is Cc1cc(NC(=O)c2cc(F)c(N)cc2F)nc(N2CCC(F)(F)CC2)n1. The van der Waals surface area contributed by atoms with Crippen LogP contribution in [0.2, 0.25) is 0 Å². The molecule has 0 bridgehead atoms. The van der Waals surface area contributed by atoms with E-state index in [1.165, 1.54) is 6.07 Å². The Hall–Kier alpha value is -2.91.